The van der Waals surface area contributed by atoms with Crippen LogP contribution in [0.1, 0.15) is 0 Å². The second-order valence-corrected chi connectivity index (χ2v) is 9.39. The fourth-order valence-corrected chi connectivity index (χ4v) is 4.86. The van der Waals surface area contributed by atoms with Crippen LogP contribution in [0.15, 0.2) is 96.3 Å². The molecule has 0 fully saturated rings. The first kappa shape index (κ1) is 22.5. The molecule has 5 rings (SSSR count). The first-order valence-electron chi connectivity index (χ1n) is 10.4. The number of benzene rings is 3. The van der Waals surface area contributed by atoms with E-state index >= 15 is 0 Å². The van der Waals surface area contributed by atoms with Crippen LogP contribution in [0.3, 0.4) is 0 Å². The maximum atomic E-state index is 14.0. The highest BCUT2D eigenvalue weighted by molar-refractivity contribution is 7.92. The number of fused-ring (bicyclic) bond motifs is 1. The van der Waals surface area contributed by atoms with Crippen molar-refractivity contribution >= 4 is 26.6 Å². The van der Waals surface area contributed by atoms with Crippen LogP contribution in [0.25, 0.3) is 33.2 Å². The highest BCUT2D eigenvalue weighted by Crippen LogP contribution is 2.32. The summed E-state index contributed by atoms with van der Waals surface area (Å²) in [5.74, 6) is -2.41. The topological polar surface area (TPSA) is 72.0 Å². The predicted octanol–water partition coefficient (Wildman–Crippen LogP) is 6.18. The number of hydrogen-bond acceptors (Lipinski definition) is 4. The molecule has 1 N–H and O–H groups in total. The molecule has 3 aromatic carbocycles. The summed E-state index contributed by atoms with van der Waals surface area (Å²) in [6.07, 6.45) is 4.52. The monoisotopic (exact) mass is 491 g/mol. The standard InChI is InChI=1S/C26H16F3N3O2S/c27-19-4-1-16(2-5-19)22-9-10-31-25-7-3-17(12-23(22)25)18-11-21(15-30-14-18)32-35(33,34)26-8-6-20(28)13-24(26)29/h1-15,32H. The van der Waals surface area contributed by atoms with Gasteiger partial charge in [-0.1, -0.05) is 18.2 Å². The quantitative estimate of drug-likeness (QED) is 0.319. The Morgan fingerprint density at radius 3 is 2.23 bits per heavy atom. The van der Waals surface area contributed by atoms with Gasteiger partial charge in [0.15, 0.2) is 0 Å². The van der Waals surface area contributed by atoms with Crippen LogP contribution in [0, 0.1) is 17.5 Å². The maximum absolute atomic E-state index is 14.0. The van der Waals surface area contributed by atoms with E-state index in [0.717, 1.165) is 39.7 Å². The van der Waals surface area contributed by atoms with Gasteiger partial charge in [0.2, 0.25) is 0 Å². The van der Waals surface area contributed by atoms with E-state index in [1.54, 1.807) is 30.6 Å². The summed E-state index contributed by atoms with van der Waals surface area (Å²) in [6.45, 7) is 0. The molecule has 0 saturated carbocycles. The number of anilines is 1. The zero-order valence-corrected chi connectivity index (χ0v) is 18.7. The molecule has 2 aromatic heterocycles. The third kappa shape index (κ3) is 4.58. The molecular weight excluding hydrogens is 475 g/mol. The van der Waals surface area contributed by atoms with Gasteiger partial charge in [0.25, 0.3) is 10.0 Å². The zero-order valence-electron chi connectivity index (χ0n) is 17.9. The predicted molar refractivity (Wildman–Crippen MR) is 128 cm³/mol. The van der Waals surface area contributed by atoms with Crippen molar-refractivity contribution in [3.05, 3.63) is 109 Å². The Labute approximate surface area is 199 Å². The molecule has 0 amide bonds. The van der Waals surface area contributed by atoms with E-state index in [1.807, 2.05) is 24.3 Å². The van der Waals surface area contributed by atoms with Crippen molar-refractivity contribution in [1.82, 2.24) is 9.97 Å². The van der Waals surface area contributed by atoms with Gasteiger partial charge >= 0.3 is 0 Å². The van der Waals surface area contributed by atoms with Gasteiger partial charge in [0.05, 0.1) is 17.4 Å². The maximum Gasteiger partial charge on any atom is 0.264 e. The molecule has 5 aromatic rings. The normalized spacial score (nSPS) is 11.5. The highest BCUT2D eigenvalue weighted by Gasteiger charge is 2.20. The van der Waals surface area contributed by atoms with Crippen molar-refractivity contribution in [1.29, 1.82) is 0 Å². The van der Waals surface area contributed by atoms with E-state index in [1.165, 1.54) is 18.3 Å². The SMILES string of the molecule is O=S(=O)(Nc1cncc(-c2ccc3nccc(-c4ccc(F)cc4)c3c2)c1)c1ccc(F)cc1F. The first-order valence-corrected chi connectivity index (χ1v) is 11.9. The molecule has 0 atom stereocenters. The molecular formula is C26H16F3N3O2S. The summed E-state index contributed by atoms with van der Waals surface area (Å²) >= 11 is 0. The van der Waals surface area contributed by atoms with Crippen LogP contribution < -0.4 is 4.72 Å². The molecule has 9 heteroatoms. The molecule has 2 heterocycles. The number of hydrogen-bond donors (Lipinski definition) is 1. The minimum Gasteiger partial charge on any atom is -0.278 e. The first-order chi connectivity index (χ1) is 16.8. The molecule has 0 aliphatic rings. The van der Waals surface area contributed by atoms with Gasteiger partial charge in [0.1, 0.15) is 22.3 Å². The van der Waals surface area contributed by atoms with Crippen LogP contribution >= 0.6 is 0 Å². The summed E-state index contributed by atoms with van der Waals surface area (Å²) in [5, 5.41) is 0.816. The molecule has 0 unspecified atom stereocenters. The van der Waals surface area contributed by atoms with Crippen molar-refractivity contribution in [3.63, 3.8) is 0 Å². The number of sulfonamides is 1. The Morgan fingerprint density at radius 1 is 0.714 bits per heavy atom. The van der Waals surface area contributed by atoms with E-state index < -0.39 is 26.6 Å². The zero-order chi connectivity index (χ0) is 24.6. The number of rotatable bonds is 5. The third-order valence-corrected chi connectivity index (χ3v) is 6.82. The molecule has 35 heavy (non-hydrogen) atoms. The Kier molecular flexibility index (Phi) is 5.70. The Hall–Kier alpha value is -4.24. The van der Waals surface area contributed by atoms with E-state index in [9.17, 15) is 21.6 Å². The van der Waals surface area contributed by atoms with Crippen molar-refractivity contribution in [2.75, 3.05) is 4.72 Å². The Morgan fingerprint density at radius 2 is 1.46 bits per heavy atom. The van der Waals surface area contributed by atoms with Crippen LogP contribution in [0.5, 0.6) is 0 Å². The summed E-state index contributed by atoms with van der Waals surface area (Å²) in [7, 11) is -4.31. The van der Waals surface area contributed by atoms with Crippen LogP contribution in [0.2, 0.25) is 0 Å². The van der Waals surface area contributed by atoms with Crippen LogP contribution in [0.4, 0.5) is 18.9 Å². The fourth-order valence-electron chi connectivity index (χ4n) is 3.76. The van der Waals surface area contributed by atoms with Crippen molar-refractivity contribution < 1.29 is 21.6 Å². The lowest BCUT2D eigenvalue weighted by molar-refractivity contribution is 0.551. The second kappa shape index (κ2) is 8.84. The minimum atomic E-state index is -4.31. The average molecular weight is 491 g/mol. The van der Waals surface area contributed by atoms with Gasteiger partial charge in [-0.3, -0.25) is 14.7 Å². The lowest BCUT2D eigenvalue weighted by Gasteiger charge is -2.11. The lowest BCUT2D eigenvalue weighted by atomic mass is 9.98. The van der Waals surface area contributed by atoms with E-state index in [4.69, 9.17) is 0 Å². The third-order valence-electron chi connectivity index (χ3n) is 5.40. The van der Waals surface area contributed by atoms with E-state index in [-0.39, 0.29) is 11.5 Å². The largest absolute Gasteiger partial charge is 0.278 e. The van der Waals surface area contributed by atoms with Crippen molar-refractivity contribution in [2.45, 2.75) is 4.90 Å². The molecule has 0 bridgehead atoms. The smallest absolute Gasteiger partial charge is 0.264 e. The molecule has 0 aliphatic heterocycles. The Balaban J connectivity index is 1.52. The number of nitrogens with one attached hydrogen (secondary N) is 1. The summed E-state index contributed by atoms with van der Waals surface area (Å²) in [6, 6.07) is 17.3. The van der Waals surface area contributed by atoms with E-state index in [2.05, 4.69) is 14.7 Å². The van der Waals surface area contributed by atoms with Crippen molar-refractivity contribution in [2.24, 2.45) is 0 Å². The van der Waals surface area contributed by atoms with Gasteiger partial charge < -0.3 is 0 Å². The summed E-state index contributed by atoms with van der Waals surface area (Å²) < 4.78 is 68.2. The van der Waals surface area contributed by atoms with Gasteiger partial charge in [0, 0.05) is 29.4 Å². The molecule has 0 spiro atoms. The summed E-state index contributed by atoms with van der Waals surface area (Å²) in [4.78, 5) is 7.82. The van der Waals surface area contributed by atoms with Crippen molar-refractivity contribution in [3.8, 4) is 22.3 Å². The fraction of sp³-hybridized carbons (Fsp3) is 0. The van der Waals surface area contributed by atoms with Gasteiger partial charge in [-0.15, -0.1) is 0 Å². The highest BCUT2D eigenvalue weighted by atomic mass is 32.2. The number of nitrogens with zero attached hydrogens (tertiary/aromatic N) is 2. The number of pyridine rings is 2. The summed E-state index contributed by atoms with van der Waals surface area (Å²) in [5.41, 5.74) is 3.84. The van der Waals surface area contributed by atoms with Gasteiger partial charge in [-0.05, 0) is 65.2 Å². The number of halogens is 3. The molecule has 5 nitrogen and oxygen atoms in total. The van der Waals surface area contributed by atoms with Gasteiger partial charge in [-0.25, -0.2) is 21.6 Å². The van der Waals surface area contributed by atoms with Gasteiger partial charge in [-0.2, -0.15) is 0 Å². The second-order valence-electron chi connectivity index (χ2n) is 7.74. The molecule has 174 valence electrons. The Bertz CT molecular complexity index is 1670. The van der Waals surface area contributed by atoms with Crippen LogP contribution in [-0.4, -0.2) is 18.4 Å². The molecule has 0 aliphatic carbocycles. The molecule has 0 radical (unpaired) electrons. The van der Waals surface area contributed by atoms with Crippen LogP contribution in [-0.2, 0) is 10.0 Å². The minimum absolute atomic E-state index is 0.108. The number of aromatic nitrogens is 2. The molecule has 0 saturated heterocycles. The average Bonchev–Trinajstić information content (AvgIpc) is 2.83. The lowest BCUT2D eigenvalue weighted by Crippen LogP contribution is -2.15. The van der Waals surface area contributed by atoms with E-state index in [0.29, 0.717) is 11.6 Å².